The molecule has 180 valence electrons. The number of aromatic nitrogens is 6. The average molecular weight is 483 g/mol. The third-order valence-corrected chi connectivity index (χ3v) is 6.41. The molecule has 0 fully saturated rings. The van der Waals surface area contributed by atoms with Crippen LogP contribution < -0.4 is 17.0 Å². The predicted molar refractivity (Wildman–Crippen MR) is 132 cm³/mol. The summed E-state index contributed by atoms with van der Waals surface area (Å²) in [5.41, 5.74) is 15.2. The van der Waals surface area contributed by atoms with Gasteiger partial charge in [0.05, 0.1) is 35.6 Å². The topological polar surface area (TPSA) is 149 Å². The lowest BCUT2D eigenvalue weighted by Crippen LogP contribution is -2.28. The van der Waals surface area contributed by atoms with Crippen molar-refractivity contribution in [3.05, 3.63) is 88.5 Å². The number of nitrogens with two attached hydrogens (primary N) is 2. The zero-order valence-corrected chi connectivity index (χ0v) is 19.3. The molecular weight excluding hydrogens is 460 g/mol. The van der Waals surface area contributed by atoms with Gasteiger partial charge in [-0.25, -0.2) is 14.6 Å². The molecule has 0 radical (unpaired) electrons. The van der Waals surface area contributed by atoms with Crippen LogP contribution in [0.3, 0.4) is 0 Å². The van der Waals surface area contributed by atoms with Gasteiger partial charge in [-0.2, -0.15) is 0 Å². The molecule has 36 heavy (non-hydrogen) atoms. The second-order valence-corrected chi connectivity index (χ2v) is 8.53. The lowest BCUT2D eigenvalue weighted by atomic mass is 10.0. The molecule has 1 amide bonds. The number of benzene rings is 1. The maximum atomic E-state index is 13.3. The number of hydrogen-bond donors (Lipinski definition) is 2. The smallest absolute Gasteiger partial charge is 0.284 e. The average Bonchev–Trinajstić information content (AvgIpc) is 3.39. The van der Waals surface area contributed by atoms with E-state index in [0.717, 1.165) is 22.2 Å². The standard InChI is InChI=1S/C25H22N8O3/c1-31-12-16(18-22(26)29-13-30-24(18)31)14-7-8-17(28-11-14)21-20-19(23(27)34)25(35)33(32(20)9-10-36-21)15-5-3-2-4-6-15/h2-8,11-13,21H,9-10H2,1H3,(H2,27,34)(H2,26,29,30). The number of ether oxygens (including phenoxy) is 1. The van der Waals surface area contributed by atoms with Gasteiger partial charge in [-0.1, -0.05) is 24.3 Å². The number of carbonyl (C=O) groups is 1. The van der Waals surface area contributed by atoms with Crippen LogP contribution in [0.1, 0.15) is 27.8 Å². The Morgan fingerprint density at radius 3 is 2.64 bits per heavy atom. The van der Waals surface area contributed by atoms with E-state index in [1.54, 1.807) is 23.0 Å². The number of pyridine rings is 1. The van der Waals surface area contributed by atoms with Gasteiger partial charge >= 0.3 is 0 Å². The number of anilines is 1. The zero-order valence-electron chi connectivity index (χ0n) is 19.3. The number of primary amides is 1. The van der Waals surface area contributed by atoms with Gasteiger partial charge in [0.2, 0.25) is 0 Å². The van der Waals surface area contributed by atoms with E-state index >= 15 is 0 Å². The quantitative estimate of drug-likeness (QED) is 0.396. The third kappa shape index (κ3) is 3.21. The van der Waals surface area contributed by atoms with Gasteiger partial charge in [-0.15, -0.1) is 0 Å². The molecule has 5 aromatic rings. The molecule has 0 saturated carbocycles. The maximum absolute atomic E-state index is 13.3. The van der Waals surface area contributed by atoms with Crippen LogP contribution in [0.15, 0.2) is 66.0 Å². The van der Waals surface area contributed by atoms with Crippen LogP contribution in [0.25, 0.3) is 27.8 Å². The third-order valence-electron chi connectivity index (χ3n) is 6.41. The van der Waals surface area contributed by atoms with E-state index in [2.05, 4.69) is 15.0 Å². The summed E-state index contributed by atoms with van der Waals surface area (Å²) in [5.74, 6) is -0.426. The fourth-order valence-corrected chi connectivity index (χ4v) is 4.84. The van der Waals surface area contributed by atoms with Crippen molar-refractivity contribution in [2.75, 3.05) is 12.3 Å². The van der Waals surface area contributed by atoms with Crippen molar-refractivity contribution in [3.63, 3.8) is 0 Å². The molecule has 1 aliphatic rings. The first-order valence-corrected chi connectivity index (χ1v) is 11.3. The molecule has 0 saturated heterocycles. The van der Waals surface area contributed by atoms with E-state index in [4.69, 9.17) is 16.2 Å². The minimum Gasteiger partial charge on any atom is -0.383 e. The molecule has 1 aliphatic heterocycles. The van der Waals surface area contributed by atoms with Crippen molar-refractivity contribution < 1.29 is 9.53 Å². The summed E-state index contributed by atoms with van der Waals surface area (Å²) >= 11 is 0. The van der Waals surface area contributed by atoms with Crippen molar-refractivity contribution in [1.29, 1.82) is 0 Å². The molecule has 6 rings (SSSR count). The van der Waals surface area contributed by atoms with E-state index in [0.29, 0.717) is 36.0 Å². The van der Waals surface area contributed by atoms with Gasteiger partial charge in [-0.3, -0.25) is 19.3 Å². The fourth-order valence-electron chi connectivity index (χ4n) is 4.84. The number of rotatable bonds is 4. The molecule has 5 heterocycles. The molecular formula is C25H22N8O3. The number of amides is 1. The van der Waals surface area contributed by atoms with Gasteiger partial charge in [-0.05, 0) is 18.2 Å². The Balaban J connectivity index is 1.47. The summed E-state index contributed by atoms with van der Waals surface area (Å²) in [4.78, 5) is 38.8. The van der Waals surface area contributed by atoms with Gasteiger partial charge in [0.25, 0.3) is 11.5 Å². The summed E-state index contributed by atoms with van der Waals surface area (Å²) in [6, 6.07) is 12.8. The Labute approximate surface area is 204 Å². The SMILES string of the molecule is Cn1cc(-c2ccc(C3OCCn4c3c(C(N)=O)c(=O)n4-c3ccccc3)nc2)c2c(N)ncnc21. The highest BCUT2D eigenvalue weighted by atomic mass is 16.5. The van der Waals surface area contributed by atoms with Crippen molar-refractivity contribution in [1.82, 2.24) is 28.9 Å². The molecule has 4 N–H and O–H groups in total. The van der Waals surface area contributed by atoms with Crippen LogP contribution in [0.2, 0.25) is 0 Å². The largest absolute Gasteiger partial charge is 0.383 e. The van der Waals surface area contributed by atoms with Crippen molar-refractivity contribution >= 4 is 22.8 Å². The van der Waals surface area contributed by atoms with Crippen molar-refractivity contribution in [3.8, 4) is 16.8 Å². The highest BCUT2D eigenvalue weighted by molar-refractivity contribution is 6.00. The molecule has 0 aliphatic carbocycles. The Bertz CT molecular complexity index is 1680. The minimum atomic E-state index is -0.809. The molecule has 1 unspecified atom stereocenters. The normalized spacial score (nSPS) is 15.2. The monoisotopic (exact) mass is 482 g/mol. The first-order valence-electron chi connectivity index (χ1n) is 11.3. The highest BCUT2D eigenvalue weighted by Gasteiger charge is 2.34. The molecule has 1 atom stereocenters. The van der Waals surface area contributed by atoms with E-state index < -0.39 is 17.6 Å². The summed E-state index contributed by atoms with van der Waals surface area (Å²) < 4.78 is 11.1. The van der Waals surface area contributed by atoms with E-state index in [1.165, 1.54) is 11.0 Å². The van der Waals surface area contributed by atoms with E-state index in [1.807, 2.05) is 48.1 Å². The van der Waals surface area contributed by atoms with Crippen LogP contribution in [0, 0.1) is 0 Å². The number of fused-ring (bicyclic) bond motifs is 2. The van der Waals surface area contributed by atoms with Gasteiger partial charge < -0.3 is 20.8 Å². The first kappa shape index (κ1) is 21.7. The molecule has 11 heteroatoms. The molecule has 11 nitrogen and oxygen atoms in total. The van der Waals surface area contributed by atoms with Crippen LogP contribution in [-0.2, 0) is 18.3 Å². The van der Waals surface area contributed by atoms with Gasteiger partial charge in [0.15, 0.2) is 0 Å². The van der Waals surface area contributed by atoms with Crippen LogP contribution in [-0.4, -0.2) is 41.4 Å². The lowest BCUT2D eigenvalue weighted by molar-refractivity contribution is 0.0366. The molecule has 0 spiro atoms. The van der Waals surface area contributed by atoms with Gasteiger partial charge in [0.1, 0.15) is 29.5 Å². The predicted octanol–water partition coefficient (Wildman–Crippen LogP) is 1.78. The fraction of sp³-hybridized carbons (Fsp3) is 0.160. The molecule has 1 aromatic carbocycles. The van der Waals surface area contributed by atoms with Crippen LogP contribution in [0.5, 0.6) is 0 Å². The summed E-state index contributed by atoms with van der Waals surface area (Å²) in [6.45, 7) is 0.716. The van der Waals surface area contributed by atoms with Crippen molar-refractivity contribution in [2.24, 2.45) is 12.8 Å². The van der Waals surface area contributed by atoms with Gasteiger partial charge in [0, 0.05) is 30.6 Å². The second kappa shape index (κ2) is 8.17. The minimum absolute atomic E-state index is 0.103. The molecule has 4 aromatic heterocycles. The first-order chi connectivity index (χ1) is 17.5. The van der Waals surface area contributed by atoms with Crippen LogP contribution in [0.4, 0.5) is 5.82 Å². The van der Waals surface area contributed by atoms with E-state index in [9.17, 15) is 9.59 Å². The Kier molecular flexibility index (Phi) is 4.93. The van der Waals surface area contributed by atoms with Crippen molar-refractivity contribution in [2.45, 2.75) is 12.6 Å². The summed E-state index contributed by atoms with van der Waals surface area (Å²) in [5, 5.41) is 0.744. The number of para-hydroxylation sites is 1. The lowest BCUT2D eigenvalue weighted by Gasteiger charge is -2.27. The summed E-state index contributed by atoms with van der Waals surface area (Å²) in [7, 11) is 1.89. The second-order valence-electron chi connectivity index (χ2n) is 8.53. The summed E-state index contributed by atoms with van der Waals surface area (Å²) in [6.07, 6.45) is 4.32. The van der Waals surface area contributed by atoms with E-state index in [-0.39, 0.29) is 5.56 Å². The zero-order chi connectivity index (χ0) is 25.0. The maximum Gasteiger partial charge on any atom is 0.284 e. The number of aryl methyl sites for hydroxylation is 1. The van der Waals surface area contributed by atoms with Crippen LogP contribution >= 0.6 is 0 Å². The number of carbonyl (C=O) groups excluding carboxylic acids is 1. The Morgan fingerprint density at radius 2 is 1.92 bits per heavy atom. The Hall–Kier alpha value is -4.77. The number of nitrogen functional groups attached to an aromatic ring is 1. The number of nitrogens with zero attached hydrogens (tertiary/aromatic N) is 6. The highest BCUT2D eigenvalue weighted by Crippen LogP contribution is 2.34. The number of hydrogen-bond acceptors (Lipinski definition) is 7. The molecule has 0 bridgehead atoms. The Morgan fingerprint density at radius 1 is 1.11 bits per heavy atom.